The van der Waals surface area contributed by atoms with Crippen LogP contribution in [0.25, 0.3) is 0 Å². The van der Waals surface area contributed by atoms with Gasteiger partial charge in [-0.3, -0.25) is 0 Å². The maximum atomic E-state index is 8.61. The second-order valence-electron chi connectivity index (χ2n) is 2.77. The number of halogens is 2. The minimum absolute atomic E-state index is 0.174. The number of nitriles is 1. The summed E-state index contributed by atoms with van der Waals surface area (Å²) in [6, 6.07) is 7.61. The highest BCUT2D eigenvalue weighted by molar-refractivity contribution is 9.09. The van der Waals surface area contributed by atoms with Gasteiger partial charge in [0.2, 0.25) is 0 Å². The molecule has 4 heteroatoms. The van der Waals surface area contributed by atoms with Crippen molar-refractivity contribution < 1.29 is 4.74 Å². The lowest BCUT2D eigenvalue weighted by Crippen LogP contribution is -1.98. The van der Waals surface area contributed by atoms with Crippen LogP contribution in [0.2, 0.25) is 5.02 Å². The minimum atomic E-state index is -0.174. The molecular weight excluding hydrogens is 265 g/mol. The number of hydrogen-bond acceptors (Lipinski definition) is 2. The van der Waals surface area contributed by atoms with Crippen molar-refractivity contribution in [2.75, 3.05) is 7.11 Å². The molecule has 1 atom stereocenters. The summed E-state index contributed by atoms with van der Waals surface area (Å²) in [6.45, 7) is 0. The maximum absolute atomic E-state index is 8.61. The van der Waals surface area contributed by atoms with Crippen molar-refractivity contribution in [2.24, 2.45) is 0 Å². The first-order valence-corrected chi connectivity index (χ1v) is 5.33. The molecule has 0 fully saturated rings. The first-order valence-electron chi connectivity index (χ1n) is 4.03. The number of nitrogens with zero attached hydrogens (tertiary/aromatic N) is 1. The zero-order chi connectivity index (χ0) is 10.6. The molecule has 0 radical (unpaired) electrons. The van der Waals surface area contributed by atoms with E-state index in [0.717, 1.165) is 5.56 Å². The van der Waals surface area contributed by atoms with Gasteiger partial charge >= 0.3 is 0 Å². The van der Waals surface area contributed by atoms with Crippen LogP contribution in [0.1, 0.15) is 5.56 Å². The topological polar surface area (TPSA) is 33.0 Å². The van der Waals surface area contributed by atoms with Gasteiger partial charge in [0.15, 0.2) is 0 Å². The van der Waals surface area contributed by atoms with Crippen molar-refractivity contribution in [3.8, 4) is 11.8 Å². The standard InChI is InChI=1S/C10H9BrClNO/c1-14-10-3-2-7(5-9(10)12)4-8(11)6-13/h2-3,5,8H,4H2,1H3. The fraction of sp³-hybridized carbons (Fsp3) is 0.300. The highest BCUT2D eigenvalue weighted by atomic mass is 79.9. The number of benzene rings is 1. The van der Waals surface area contributed by atoms with Crippen molar-refractivity contribution in [3.63, 3.8) is 0 Å². The molecule has 74 valence electrons. The van der Waals surface area contributed by atoms with Crippen LogP contribution in [0.3, 0.4) is 0 Å². The van der Waals surface area contributed by atoms with Crippen LogP contribution in [-0.4, -0.2) is 11.9 Å². The fourth-order valence-corrected chi connectivity index (χ4v) is 1.74. The predicted molar refractivity (Wildman–Crippen MR) is 60.0 cm³/mol. The van der Waals surface area contributed by atoms with Gasteiger partial charge in [-0.05, 0) is 24.1 Å². The van der Waals surface area contributed by atoms with Crippen LogP contribution in [0.15, 0.2) is 18.2 Å². The third kappa shape index (κ3) is 2.90. The zero-order valence-corrected chi connectivity index (χ0v) is 9.97. The highest BCUT2D eigenvalue weighted by Crippen LogP contribution is 2.25. The Bertz CT molecular complexity index is 362. The quantitative estimate of drug-likeness (QED) is 0.793. The molecule has 1 rings (SSSR count). The molecule has 2 nitrogen and oxygen atoms in total. The first-order chi connectivity index (χ1) is 6.67. The van der Waals surface area contributed by atoms with E-state index in [9.17, 15) is 0 Å². The highest BCUT2D eigenvalue weighted by Gasteiger charge is 2.06. The molecule has 0 saturated carbocycles. The molecule has 0 aliphatic carbocycles. The lowest BCUT2D eigenvalue weighted by Gasteiger charge is -2.06. The van der Waals surface area contributed by atoms with Crippen LogP contribution in [0.5, 0.6) is 5.75 Å². The van der Waals surface area contributed by atoms with Gasteiger partial charge in [0.25, 0.3) is 0 Å². The summed E-state index contributed by atoms with van der Waals surface area (Å²) in [4.78, 5) is -0.174. The molecule has 0 aromatic heterocycles. The van der Waals surface area contributed by atoms with Crippen LogP contribution < -0.4 is 4.74 Å². The molecule has 0 bridgehead atoms. The van der Waals surface area contributed by atoms with Gasteiger partial charge < -0.3 is 4.74 Å². The van der Waals surface area contributed by atoms with E-state index in [1.54, 1.807) is 13.2 Å². The molecule has 0 saturated heterocycles. The summed E-state index contributed by atoms with van der Waals surface area (Å²) < 4.78 is 5.02. The van der Waals surface area contributed by atoms with Crippen LogP contribution in [0.4, 0.5) is 0 Å². The van der Waals surface area contributed by atoms with Gasteiger partial charge in [-0.2, -0.15) is 5.26 Å². The molecule has 0 aliphatic rings. The molecule has 14 heavy (non-hydrogen) atoms. The van der Waals surface area contributed by atoms with Crippen LogP contribution in [0, 0.1) is 11.3 Å². The predicted octanol–water partition coefficient (Wildman–Crippen LogP) is 3.18. The Morgan fingerprint density at radius 3 is 2.86 bits per heavy atom. The molecular formula is C10H9BrClNO. The Hall–Kier alpha value is -0.720. The molecule has 0 spiro atoms. The van der Waals surface area contributed by atoms with Crippen LogP contribution >= 0.6 is 27.5 Å². The normalized spacial score (nSPS) is 11.9. The summed E-state index contributed by atoms with van der Waals surface area (Å²) >= 11 is 9.17. The van der Waals surface area contributed by atoms with Crippen molar-refractivity contribution in [3.05, 3.63) is 28.8 Å². The molecule has 1 unspecified atom stereocenters. The van der Waals surface area contributed by atoms with E-state index >= 15 is 0 Å². The third-order valence-electron chi connectivity index (χ3n) is 1.77. The molecule has 1 aromatic carbocycles. The zero-order valence-electron chi connectivity index (χ0n) is 7.63. The van der Waals surface area contributed by atoms with E-state index in [4.69, 9.17) is 21.6 Å². The van der Waals surface area contributed by atoms with Gasteiger partial charge in [0.05, 0.1) is 18.2 Å². The van der Waals surface area contributed by atoms with Crippen LogP contribution in [-0.2, 0) is 6.42 Å². The summed E-state index contributed by atoms with van der Waals surface area (Å²) in [7, 11) is 1.57. The lowest BCUT2D eigenvalue weighted by atomic mass is 10.1. The maximum Gasteiger partial charge on any atom is 0.137 e. The largest absolute Gasteiger partial charge is 0.495 e. The number of alkyl halides is 1. The fourth-order valence-electron chi connectivity index (χ4n) is 1.09. The van der Waals surface area contributed by atoms with Crippen molar-refractivity contribution in [1.29, 1.82) is 5.26 Å². The lowest BCUT2D eigenvalue weighted by molar-refractivity contribution is 0.415. The van der Waals surface area contributed by atoms with Gasteiger partial charge in [-0.25, -0.2) is 0 Å². The van der Waals surface area contributed by atoms with E-state index in [2.05, 4.69) is 22.0 Å². The van der Waals surface area contributed by atoms with Gasteiger partial charge in [0, 0.05) is 0 Å². The number of methoxy groups -OCH3 is 1. The summed E-state index contributed by atoms with van der Waals surface area (Å²) in [5.74, 6) is 0.651. The minimum Gasteiger partial charge on any atom is -0.495 e. The average Bonchev–Trinajstić information content (AvgIpc) is 2.18. The Labute approximate surface area is 96.6 Å². The van der Waals surface area contributed by atoms with Crippen molar-refractivity contribution in [2.45, 2.75) is 11.2 Å². The number of hydrogen-bond donors (Lipinski definition) is 0. The van der Waals surface area contributed by atoms with E-state index in [1.165, 1.54) is 0 Å². The summed E-state index contributed by atoms with van der Waals surface area (Å²) in [5, 5.41) is 9.18. The monoisotopic (exact) mass is 273 g/mol. The molecule has 1 aromatic rings. The summed E-state index contributed by atoms with van der Waals surface area (Å²) in [5.41, 5.74) is 1.01. The van der Waals surface area contributed by atoms with Gasteiger partial charge in [-0.15, -0.1) is 0 Å². The van der Waals surface area contributed by atoms with E-state index in [1.807, 2.05) is 12.1 Å². The Balaban J connectivity index is 2.82. The van der Waals surface area contributed by atoms with E-state index in [0.29, 0.717) is 17.2 Å². The Morgan fingerprint density at radius 2 is 2.36 bits per heavy atom. The SMILES string of the molecule is COc1ccc(CC(Br)C#N)cc1Cl. The van der Waals surface area contributed by atoms with Gasteiger partial charge in [0.1, 0.15) is 10.6 Å². The Kier molecular flexibility index (Phi) is 4.24. The van der Waals surface area contributed by atoms with E-state index in [-0.39, 0.29) is 4.83 Å². The van der Waals surface area contributed by atoms with Crippen molar-refractivity contribution in [1.82, 2.24) is 0 Å². The Morgan fingerprint density at radius 1 is 1.64 bits per heavy atom. The van der Waals surface area contributed by atoms with Gasteiger partial charge in [-0.1, -0.05) is 33.6 Å². The first kappa shape index (κ1) is 11.4. The molecule has 0 amide bonds. The smallest absolute Gasteiger partial charge is 0.137 e. The third-order valence-corrected chi connectivity index (χ3v) is 2.60. The second-order valence-corrected chi connectivity index (χ2v) is 4.28. The number of rotatable bonds is 3. The molecule has 0 N–H and O–H groups in total. The number of ether oxygens (including phenoxy) is 1. The van der Waals surface area contributed by atoms with Crippen molar-refractivity contribution >= 4 is 27.5 Å². The second kappa shape index (κ2) is 5.23. The molecule has 0 aliphatic heterocycles. The van der Waals surface area contributed by atoms with E-state index < -0.39 is 0 Å². The summed E-state index contributed by atoms with van der Waals surface area (Å²) in [6.07, 6.45) is 0.639. The molecule has 0 heterocycles. The average molecular weight is 275 g/mol.